The van der Waals surface area contributed by atoms with E-state index in [1.165, 1.54) is 11.3 Å². The first kappa shape index (κ1) is 13.5. The molecule has 0 bridgehead atoms. The molecular formula is C13H12ClNOS2. The largest absolute Gasteiger partial charge is 0.347 e. The van der Waals surface area contributed by atoms with Crippen molar-refractivity contribution in [2.24, 2.45) is 0 Å². The van der Waals surface area contributed by atoms with Crippen molar-refractivity contribution in [1.82, 2.24) is 5.32 Å². The molecule has 0 aliphatic carbocycles. The van der Waals surface area contributed by atoms with E-state index in [0.717, 1.165) is 19.7 Å². The minimum atomic E-state index is -0.0899. The highest BCUT2D eigenvalue weighted by Gasteiger charge is 2.09. The normalized spacial score (nSPS) is 10.4. The molecule has 0 saturated carbocycles. The van der Waals surface area contributed by atoms with E-state index in [4.69, 9.17) is 11.6 Å². The highest BCUT2D eigenvalue weighted by Crippen LogP contribution is 2.21. The van der Waals surface area contributed by atoms with Gasteiger partial charge in [-0.25, -0.2) is 0 Å². The van der Waals surface area contributed by atoms with Crippen LogP contribution in [0.25, 0.3) is 0 Å². The van der Waals surface area contributed by atoms with Crippen LogP contribution in [0.3, 0.4) is 0 Å². The van der Waals surface area contributed by atoms with E-state index in [1.807, 2.05) is 31.2 Å². The van der Waals surface area contributed by atoms with Gasteiger partial charge in [-0.3, -0.25) is 4.79 Å². The number of thiol groups is 1. The number of carbonyl (C=O) groups is 1. The summed E-state index contributed by atoms with van der Waals surface area (Å²) in [7, 11) is 0. The Labute approximate surface area is 120 Å². The molecule has 0 radical (unpaired) electrons. The Bertz CT molecular complexity index is 580. The van der Waals surface area contributed by atoms with Crippen molar-refractivity contribution >= 4 is 41.5 Å². The fourth-order valence-electron chi connectivity index (χ4n) is 1.56. The molecule has 0 spiro atoms. The van der Waals surface area contributed by atoms with Gasteiger partial charge >= 0.3 is 0 Å². The second kappa shape index (κ2) is 5.78. The van der Waals surface area contributed by atoms with E-state index >= 15 is 0 Å². The van der Waals surface area contributed by atoms with Crippen LogP contribution < -0.4 is 5.32 Å². The highest BCUT2D eigenvalue weighted by molar-refractivity contribution is 7.80. The van der Waals surface area contributed by atoms with Crippen LogP contribution in [0, 0.1) is 6.92 Å². The summed E-state index contributed by atoms with van der Waals surface area (Å²) in [4.78, 5) is 13.8. The smallest absolute Gasteiger partial charge is 0.251 e. The molecule has 0 atom stereocenters. The third-order valence-electron chi connectivity index (χ3n) is 2.52. The molecule has 0 unspecified atom stereocenters. The summed E-state index contributed by atoms with van der Waals surface area (Å²) in [6.45, 7) is 2.40. The van der Waals surface area contributed by atoms with E-state index in [2.05, 4.69) is 17.9 Å². The number of rotatable bonds is 3. The molecule has 1 amide bonds. The number of halogens is 1. The van der Waals surface area contributed by atoms with Gasteiger partial charge in [0.1, 0.15) is 0 Å². The van der Waals surface area contributed by atoms with Gasteiger partial charge in [0.05, 0.1) is 10.9 Å². The zero-order valence-electron chi connectivity index (χ0n) is 9.74. The molecule has 2 aromatic rings. The molecule has 94 valence electrons. The lowest BCUT2D eigenvalue weighted by Gasteiger charge is -2.07. The number of nitrogens with one attached hydrogen (secondary N) is 1. The lowest BCUT2D eigenvalue weighted by atomic mass is 10.1. The van der Waals surface area contributed by atoms with Crippen LogP contribution in [0.4, 0.5) is 0 Å². The summed E-state index contributed by atoms with van der Waals surface area (Å²) < 4.78 is 0.729. The lowest BCUT2D eigenvalue weighted by molar-refractivity contribution is 0.0950. The second-order valence-electron chi connectivity index (χ2n) is 3.89. The van der Waals surface area contributed by atoms with Gasteiger partial charge in [0.25, 0.3) is 5.91 Å². The van der Waals surface area contributed by atoms with Gasteiger partial charge < -0.3 is 5.32 Å². The molecule has 1 heterocycles. The molecule has 5 heteroatoms. The average molecular weight is 298 g/mol. The maximum atomic E-state index is 12.0. The van der Waals surface area contributed by atoms with E-state index < -0.39 is 0 Å². The number of benzene rings is 1. The number of carbonyl (C=O) groups excluding carboxylic acids is 1. The number of amides is 1. The van der Waals surface area contributed by atoms with Crippen molar-refractivity contribution in [3.63, 3.8) is 0 Å². The lowest BCUT2D eigenvalue weighted by Crippen LogP contribution is -2.23. The second-order valence-corrected chi connectivity index (χ2v) is 6.20. The Kier molecular flexibility index (Phi) is 4.32. The van der Waals surface area contributed by atoms with Crippen molar-refractivity contribution in [1.29, 1.82) is 0 Å². The van der Waals surface area contributed by atoms with E-state index in [1.54, 1.807) is 6.07 Å². The SMILES string of the molecule is Cc1ccc(S)cc1C(=O)NCc1ccc(Cl)s1. The summed E-state index contributed by atoms with van der Waals surface area (Å²) in [5.41, 5.74) is 1.60. The summed E-state index contributed by atoms with van der Waals surface area (Å²) in [5.74, 6) is -0.0899. The molecule has 0 aliphatic rings. The van der Waals surface area contributed by atoms with Crippen LogP contribution in [-0.4, -0.2) is 5.91 Å². The monoisotopic (exact) mass is 297 g/mol. The molecule has 18 heavy (non-hydrogen) atoms. The van der Waals surface area contributed by atoms with Gasteiger partial charge in [-0.05, 0) is 36.8 Å². The average Bonchev–Trinajstić information content (AvgIpc) is 2.75. The topological polar surface area (TPSA) is 29.1 Å². The molecule has 2 nitrogen and oxygen atoms in total. The van der Waals surface area contributed by atoms with E-state index in [-0.39, 0.29) is 5.91 Å². The predicted octanol–water partition coefficient (Wildman–Crippen LogP) is 3.93. The molecule has 2 rings (SSSR count). The van der Waals surface area contributed by atoms with Crippen LogP contribution in [0.5, 0.6) is 0 Å². The maximum Gasteiger partial charge on any atom is 0.251 e. The van der Waals surface area contributed by atoms with Crippen molar-refractivity contribution in [2.45, 2.75) is 18.4 Å². The van der Waals surface area contributed by atoms with Crippen molar-refractivity contribution in [3.8, 4) is 0 Å². The molecule has 0 fully saturated rings. The van der Waals surface area contributed by atoms with Crippen LogP contribution in [-0.2, 0) is 6.54 Å². The van der Waals surface area contributed by atoms with Gasteiger partial charge in [-0.15, -0.1) is 24.0 Å². The Balaban J connectivity index is 2.05. The summed E-state index contributed by atoms with van der Waals surface area (Å²) >= 11 is 11.5. The van der Waals surface area contributed by atoms with E-state index in [0.29, 0.717) is 12.1 Å². The molecule has 0 aliphatic heterocycles. The highest BCUT2D eigenvalue weighted by atomic mass is 35.5. The summed E-state index contributed by atoms with van der Waals surface area (Å²) in [5, 5.41) is 2.88. The van der Waals surface area contributed by atoms with E-state index in [9.17, 15) is 4.79 Å². The first-order valence-corrected chi connectivity index (χ1v) is 7.02. The van der Waals surface area contributed by atoms with Gasteiger partial charge in [-0.2, -0.15) is 0 Å². The standard InChI is InChI=1S/C13H12ClNOS2/c1-8-2-3-9(17)6-11(8)13(16)15-7-10-4-5-12(14)18-10/h2-6,17H,7H2,1H3,(H,15,16). The van der Waals surface area contributed by atoms with Crippen LogP contribution in [0.15, 0.2) is 35.2 Å². The third-order valence-corrected chi connectivity index (χ3v) is 4.03. The third kappa shape index (κ3) is 3.28. The maximum absolute atomic E-state index is 12.0. The van der Waals surface area contributed by atoms with Gasteiger partial charge in [0.2, 0.25) is 0 Å². The molecule has 1 N–H and O–H groups in total. The molecule has 1 aromatic heterocycles. The predicted molar refractivity (Wildman–Crippen MR) is 78.9 cm³/mol. The Morgan fingerprint density at radius 2 is 2.17 bits per heavy atom. The van der Waals surface area contributed by atoms with Crippen LogP contribution >= 0.6 is 35.6 Å². The fourth-order valence-corrected chi connectivity index (χ4v) is 2.79. The number of hydrogen-bond acceptors (Lipinski definition) is 3. The van der Waals surface area contributed by atoms with Crippen molar-refractivity contribution < 1.29 is 4.79 Å². The molecule has 0 saturated heterocycles. The summed E-state index contributed by atoms with van der Waals surface area (Å²) in [6.07, 6.45) is 0. The van der Waals surface area contributed by atoms with Gasteiger partial charge in [-0.1, -0.05) is 17.7 Å². The minimum absolute atomic E-state index is 0.0899. The summed E-state index contributed by atoms with van der Waals surface area (Å²) in [6, 6.07) is 9.27. The first-order chi connectivity index (χ1) is 8.56. The van der Waals surface area contributed by atoms with Crippen LogP contribution in [0.1, 0.15) is 20.8 Å². The Morgan fingerprint density at radius 3 is 2.83 bits per heavy atom. The van der Waals surface area contributed by atoms with Gasteiger partial charge in [0, 0.05) is 15.3 Å². The van der Waals surface area contributed by atoms with Crippen molar-refractivity contribution in [3.05, 3.63) is 50.7 Å². The number of thiophene rings is 1. The minimum Gasteiger partial charge on any atom is -0.347 e. The number of hydrogen-bond donors (Lipinski definition) is 2. The Morgan fingerprint density at radius 1 is 1.39 bits per heavy atom. The zero-order valence-corrected chi connectivity index (χ0v) is 12.2. The fraction of sp³-hybridized carbons (Fsp3) is 0.154. The Hall–Kier alpha value is -0.970. The quantitative estimate of drug-likeness (QED) is 0.826. The van der Waals surface area contributed by atoms with Crippen molar-refractivity contribution in [2.75, 3.05) is 0 Å². The molecule has 1 aromatic carbocycles. The number of aryl methyl sites for hydroxylation is 1. The van der Waals surface area contributed by atoms with Crippen LogP contribution in [0.2, 0.25) is 4.34 Å². The molecular weight excluding hydrogens is 286 g/mol. The first-order valence-electron chi connectivity index (χ1n) is 5.38. The zero-order chi connectivity index (χ0) is 13.1. The van der Waals surface area contributed by atoms with Gasteiger partial charge in [0.15, 0.2) is 0 Å².